The molecule has 0 aliphatic heterocycles. The molecule has 0 saturated carbocycles. The summed E-state index contributed by atoms with van der Waals surface area (Å²) in [5.41, 5.74) is -3.50. The van der Waals surface area contributed by atoms with Gasteiger partial charge in [0, 0.05) is 63.8 Å². The summed E-state index contributed by atoms with van der Waals surface area (Å²) in [5.74, 6) is -1.14. The van der Waals surface area contributed by atoms with E-state index in [9.17, 15) is 24.6 Å². The zero-order chi connectivity index (χ0) is 29.4. The molecule has 0 saturated heterocycles. The minimum Gasteiger partial charge on any atom is -0.237 e. The van der Waals surface area contributed by atoms with Crippen molar-refractivity contribution in [2.45, 2.75) is 0 Å². The number of allylic oxidation sites excluding steroid dienone is 7. The van der Waals surface area contributed by atoms with Crippen LogP contribution in [-0.2, 0) is 0 Å². The number of fused-ring (bicyclic) bond motifs is 2. The average molecular weight is 538 g/mol. The second kappa shape index (κ2) is 9.75. The van der Waals surface area contributed by atoms with Crippen LogP contribution in [0.1, 0.15) is 33.4 Å². The number of halogens is 3. The van der Waals surface area contributed by atoms with Crippen LogP contribution < -0.4 is 0 Å². The first kappa shape index (κ1) is 25.7. The van der Waals surface area contributed by atoms with E-state index in [1.165, 1.54) is 6.07 Å². The van der Waals surface area contributed by atoms with E-state index in [4.69, 9.17) is 19.7 Å². The van der Waals surface area contributed by atoms with Crippen LogP contribution in [-0.4, -0.2) is 19.9 Å². The van der Waals surface area contributed by atoms with Gasteiger partial charge >= 0.3 is 12.2 Å². The Labute approximate surface area is 228 Å². The van der Waals surface area contributed by atoms with Crippen molar-refractivity contribution >= 4 is 33.6 Å². The summed E-state index contributed by atoms with van der Waals surface area (Å²) in [5, 5.41) is 29.6. The molecule has 0 fully saturated rings. The van der Waals surface area contributed by atoms with Crippen LogP contribution >= 0.6 is 0 Å². The Balaban J connectivity index is 1.98. The number of aromatic nitrogens is 4. The predicted molar refractivity (Wildman–Crippen MR) is 134 cm³/mol. The third kappa shape index (κ3) is 3.69. The Hall–Kier alpha value is -6.93. The molecule has 10 nitrogen and oxygen atoms in total. The molecule has 5 rings (SSSR count). The summed E-state index contributed by atoms with van der Waals surface area (Å²) >= 11 is 0. The topological polar surface area (TPSA) is 136 Å². The third-order valence-electron chi connectivity index (χ3n) is 6.23. The van der Waals surface area contributed by atoms with Crippen molar-refractivity contribution in [2.75, 3.05) is 0 Å². The van der Waals surface area contributed by atoms with Gasteiger partial charge in [-0.25, -0.2) is 49.4 Å². The largest absolute Gasteiger partial charge is 0.308 e. The van der Waals surface area contributed by atoms with Crippen LogP contribution in [0.3, 0.4) is 0 Å². The lowest BCUT2D eigenvalue weighted by Crippen LogP contribution is -2.01. The first-order valence-electron chi connectivity index (χ1n) is 11.0. The molecule has 41 heavy (non-hydrogen) atoms. The molecular weight excluding hydrogens is 533 g/mol. The number of nitriles is 3. The van der Waals surface area contributed by atoms with Crippen molar-refractivity contribution in [2.24, 2.45) is 0 Å². The number of hydrogen-bond donors (Lipinski definition) is 0. The average Bonchev–Trinajstić information content (AvgIpc) is 3.49. The van der Waals surface area contributed by atoms with E-state index in [-0.39, 0.29) is 66.9 Å². The second-order valence-electron chi connectivity index (χ2n) is 8.11. The van der Waals surface area contributed by atoms with Crippen molar-refractivity contribution < 1.29 is 13.2 Å². The molecule has 3 aromatic rings. The van der Waals surface area contributed by atoms with Gasteiger partial charge in [-0.3, -0.25) is 0 Å². The highest BCUT2D eigenvalue weighted by atomic mass is 19.1. The van der Waals surface area contributed by atoms with E-state index in [1.54, 1.807) is 12.1 Å². The molecule has 0 bridgehead atoms. The Morgan fingerprint density at radius 1 is 0.707 bits per heavy atom. The molecule has 0 spiro atoms. The van der Waals surface area contributed by atoms with Crippen molar-refractivity contribution in [3.8, 4) is 18.2 Å². The van der Waals surface area contributed by atoms with E-state index in [0.717, 1.165) is 24.8 Å². The maximum absolute atomic E-state index is 16.8. The maximum atomic E-state index is 16.8. The molecule has 2 aliphatic carbocycles. The zero-order valence-corrected chi connectivity index (χ0v) is 20.0. The standard InChI is InChI=1S/C28H5F3N10/c1-35-17(6-33)23-19(12-8-38-27(30)39-9-12)16(5-32)14-4-15-22(25(29)21(14)23)24(18(7-34)36-2)20(26(15)37-3)13-10-40-28(31)41-11-13/h4,8-11H/b23-17-,24-18+. The fraction of sp³-hybridized carbons (Fsp3) is 0. The Morgan fingerprint density at radius 3 is 1.61 bits per heavy atom. The van der Waals surface area contributed by atoms with E-state index < -0.39 is 29.4 Å². The van der Waals surface area contributed by atoms with Crippen LogP contribution in [0.25, 0.3) is 48.1 Å². The van der Waals surface area contributed by atoms with Gasteiger partial charge in [-0.05, 0) is 16.7 Å². The molecular formula is C28H5F3N10. The summed E-state index contributed by atoms with van der Waals surface area (Å²) in [6.45, 7) is 22.9. The monoisotopic (exact) mass is 538 g/mol. The molecule has 2 heterocycles. The molecule has 0 amide bonds. The molecule has 0 radical (unpaired) electrons. The molecule has 0 atom stereocenters. The number of benzene rings is 1. The van der Waals surface area contributed by atoms with Crippen LogP contribution in [0, 0.1) is 71.7 Å². The first-order chi connectivity index (χ1) is 19.8. The highest BCUT2D eigenvalue weighted by Crippen LogP contribution is 2.56. The van der Waals surface area contributed by atoms with Crippen LogP contribution in [0.4, 0.5) is 13.2 Å². The lowest BCUT2D eigenvalue weighted by atomic mass is 9.91. The van der Waals surface area contributed by atoms with Crippen molar-refractivity contribution in [1.82, 2.24) is 19.9 Å². The van der Waals surface area contributed by atoms with Crippen molar-refractivity contribution in [3.63, 3.8) is 0 Å². The van der Waals surface area contributed by atoms with Gasteiger partial charge in [0.15, 0.2) is 0 Å². The highest BCUT2D eigenvalue weighted by molar-refractivity contribution is 6.29. The van der Waals surface area contributed by atoms with Crippen LogP contribution in [0.2, 0.25) is 0 Å². The van der Waals surface area contributed by atoms with Gasteiger partial charge in [-0.2, -0.15) is 14.0 Å². The number of nitrogens with zero attached hydrogens (tertiary/aromatic N) is 10. The van der Waals surface area contributed by atoms with Gasteiger partial charge in [0.2, 0.25) is 5.70 Å². The summed E-state index contributed by atoms with van der Waals surface area (Å²) < 4.78 is 43.8. The quantitative estimate of drug-likeness (QED) is 0.247. The van der Waals surface area contributed by atoms with E-state index in [2.05, 4.69) is 34.5 Å². The minimum atomic E-state index is -1.14. The predicted octanol–water partition coefficient (Wildman–Crippen LogP) is 5.24. The van der Waals surface area contributed by atoms with Crippen LogP contribution in [0.15, 0.2) is 42.2 Å². The smallest absolute Gasteiger partial charge is 0.237 e. The Morgan fingerprint density at radius 2 is 1.17 bits per heavy atom. The van der Waals surface area contributed by atoms with E-state index in [1.807, 2.05) is 6.07 Å². The lowest BCUT2D eigenvalue weighted by Gasteiger charge is -2.14. The molecule has 2 aliphatic rings. The number of rotatable bonds is 2. The van der Waals surface area contributed by atoms with Gasteiger partial charge in [0.1, 0.15) is 11.9 Å². The van der Waals surface area contributed by atoms with Crippen molar-refractivity contribution in [1.29, 1.82) is 15.8 Å². The van der Waals surface area contributed by atoms with Crippen LogP contribution in [0.5, 0.6) is 0 Å². The molecule has 2 aromatic heterocycles. The van der Waals surface area contributed by atoms with Gasteiger partial charge in [0.05, 0.1) is 37.4 Å². The molecule has 0 unspecified atom stereocenters. The second-order valence-corrected chi connectivity index (χ2v) is 8.11. The normalized spacial score (nSPS) is 15.4. The van der Waals surface area contributed by atoms with Gasteiger partial charge in [0.25, 0.3) is 11.4 Å². The summed E-state index contributed by atoms with van der Waals surface area (Å²) in [7, 11) is 0. The van der Waals surface area contributed by atoms with E-state index >= 15 is 4.39 Å². The molecule has 0 N–H and O–H groups in total. The molecule has 13 heteroatoms. The molecule has 1 aromatic carbocycles. The van der Waals surface area contributed by atoms with Gasteiger partial charge < -0.3 is 0 Å². The minimum absolute atomic E-state index is 0.00448. The lowest BCUT2D eigenvalue weighted by molar-refractivity contribution is 0.537. The van der Waals surface area contributed by atoms with E-state index in [0.29, 0.717) is 0 Å². The SMILES string of the molecule is [C-]#[N+]C1=C(c2cnc(F)nc2)/C(=C(/C#N)[N+]#[C-])c2c1cc1c(c2F)/C(=C(/C#N)[N+]#[C-])C(c2cnc(F)nc2)=C1C#N. The molecule has 188 valence electrons. The van der Waals surface area contributed by atoms with Gasteiger partial charge in [-0.1, -0.05) is 6.07 Å². The maximum Gasteiger partial charge on any atom is 0.308 e. The fourth-order valence-electron chi connectivity index (χ4n) is 4.72. The zero-order valence-electron chi connectivity index (χ0n) is 20.0. The van der Waals surface area contributed by atoms with Gasteiger partial charge in [-0.15, -0.1) is 0 Å². The summed E-state index contributed by atoms with van der Waals surface area (Å²) in [6, 6.07) is 6.55. The Kier molecular flexibility index (Phi) is 6.11. The summed E-state index contributed by atoms with van der Waals surface area (Å²) in [4.78, 5) is 23.7. The summed E-state index contributed by atoms with van der Waals surface area (Å²) in [6.07, 6.45) is 1.83. The first-order valence-corrected chi connectivity index (χ1v) is 11.0. The number of hydrogen-bond acceptors (Lipinski definition) is 7. The van der Waals surface area contributed by atoms with Crippen molar-refractivity contribution in [3.05, 3.63) is 128 Å². The Bertz CT molecular complexity index is 1930. The fourth-order valence-corrected chi connectivity index (χ4v) is 4.72. The highest BCUT2D eigenvalue weighted by Gasteiger charge is 2.40. The third-order valence-corrected chi connectivity index (χ3v) is 6.23.